The van der Waals surface area contributed by atoms with Gasteiger partial charge < -0.3 is 5.32 Å². The van der Waals surface area contributed by atoms with Gasteiger partial charge in [-0.15, -0.1) is 5.10 Å². The predicted molar refractivity (Wildman–Crippen MR) is 85.1 cm³/mol. The van der Waals surface area contributed by atoms with Crippen molar-refractivity contribution in [3.05, 3.63) is 58.7 Å². The van der Waals surface area contributed by atoms with E-state index in [4.69, 9.17) is 0 Å². The SMILES string of the molecule is O=C(NCc1n[nH]c2c1CCC2)c1ccc(Cn2cnnn2)cc1. The first-order valence-electron chi connectivity index (χ1n) is 7.92. The standard InChI is InChI=1S/C16H17N7O/c24-16(17-8-15-13-2-1-3-14(13)19-20-15)12-6-4-11(5-7-12)9-23-10-18-21-22-23/h4-7,10H,1-3,8-9H2,(H,17,24)(H,19,20). The fourth-order valence-corrected chi connectivity index (χ4v) is 3.00. The van der Waals surface area contributed by atoms with Crippen LogP contribution < -0.4 is 5.32 Å². The van der Waals surface area contributed by atoms with Crippen LogP contribution in [0.5, 0.6) is 0 Å². The van der Waals surface area contributed by atoms with Gasteiger partial charge in [0.1, 0.15) is 6.33 Å². The Morgan fingerprint density at radius 3 is 2.92 bits per heavy atom. The molecule has 0 aliphatic heterocycles. The van der Waals surface area contributed by atoms with Crippen molar-refractivity contribution in [1.29, 1.82) is 0 Å². The summed E-state index contributed by atoms with van der Waals surface area (Å²) >= 11 is 0. The average Bonchev–Trinajstić information content (AvgIpc) is 3.32. The van der Waals surface area contributed by atoms with Crippen molar-refractivity contribution >= 4 is 5.91 Å². The smallest absolute Gasteiger partial charge is 0.251 e. The molecule has 1 aliphatic rings. The maximum absolute atomic E-state index is 12.3. The molecule has 8 heteroatoms. The Morgan fingerprint density at radius 2 is 2.12 bits per heavy atom. The average molecular weight is 323 g/mol. The Morgan fingerprint density at radius 1 is 1.25 bits per heavy atom. The number of aromatic nitrogens is 6. The molecule has 0 radical (unpaired) electrons. The summed E-state index contributed by atoms with van der Waals surface area (Å²) in [5, 5.41) is 21.3. The molecule has 3 aromatic rings. The van der Waals surface area contributed by atoms with Crippen LogP contribution in [0.3, 0.4) is 0 Å². The van der Waals surface area contributed by atoms with Crippen LogP contribution in [0.4, 0.5) is 0 Å². The number of aromatic amines is 1. The lowest BCUT2D eigenvalue weighted by Gasteiger charge is -2.06. The molecular weight excluding hydrogens is 306 g/mol. The van der Waals surface area contributed by atoms with E-state index in [1.807, 2.05) is 24.3 Å². The molecule has 8 nitrogen and oxygen atoms in total. The molecule has 0 unspecified atom stereocenters. The van der Waals surface area contributed by atoms with Crippen molar-refractivity contribution in [1.82, 2.24) is 35.7 Å². The maximum atomic E-state index is 12.3. The van der Waals surface area contributed by atoms with Crippen LogP contribution in [-0.4, -0.2) is 36.3 Å². The Kier molecular flexibility index (Phi) is 3.78. The number of carbonyl (C=O) groups excluding carboxylic acids is 1. The van der Waals surface area contributed by atoms with Gasteiger partial charge in [-0.25, -0.2) is 4.68 Å². The lowest BCUT2D eigenvalue weighted by Crippen LogP contribution is -2.23. The van der Waals surface area contributed by atoms with Gasteiger partial charge in [-0.2, -0.15) is 5.10 Å². The van der Waals surface area contributed by atoms with Crippen LogP contribution in [0.2, 0.25) is 0 Å². The maximum Gasteiger partial charge on any atom is 0.251 e. The van der Waals surface area contributed by atoms with Crippen molar-refractivity contribution in [3.8, 4) is 0 Å². The molecule has 122 valence electrons. The zero-order valence-electron chi connectivity index (χ0n) is 13.1. The van der Waals surface area contributed by atoms with Gasteiger partial charge in [0.25, 0.3) is 5.91 Å². The second-order valence-corrected chi connectivity index (χ2v) is 5.87. The van der Waals surface area contributed by atoms with Crippen molar-refractivity contribution in [2.24, 2.45) is 0 Å². The monoisotopic (exact) mass is 323 g/mol. The van der Waals surface area contributed by atoms with E-state index in [1.54, 1.807) is 11.0 Å². The van der Waals surface area contributed by atoms with E-state index in [2.05, 4.69) is 31.0 Å². The fraction of sp³-hybridized carbons (Fsp3) is 0.312. The molecule has 4 rings (SSSR count). The number of amides is 1. The summed E-state index contributed by atoms with van der Waals surface area (Å²) in [5.74, 6) is -0.0984. The second kappa shape index (κ2) is 6.23. The van der Waals surface area contributed by atoms with Gasteiger partial charge in [-0.05, 0) is 52.9 Å². The van der Waals surface area contributed by atoms with Gasteiger partial charge in [-0.1, -0.05) is 12.1 Å². The fourth-order valence-electron chi connectivity index (χ4n) is 3.00. The summed E-state index contributed by atoms with van der Waals surface area (Å²) in [6.07, 6.45) is 4.82. The molecule has 2 N–H and O–H groups in total. The van der Waals surface area contributed by atoms with E-state index in [1.165, 1.54) is 11.3 Å². The lowest BCUT2D eigenvalue weighted by molar-refractivity contribution is 0.0950. The highest BCUT2D eigenvalue weighted by Gasteiger charge is 2.18. The van der Waals surface area contributed by atoms with E-state index in [0.717, 1.165) is 30.5 Å². The van der Waals surface area contributed by atoms with Crippen LogP contribution >= 0.6 is 0 Å². The molecule has 2 heterocycles. The minimum Gasteiger partial charge on any atom is -0.346 e. The van der Waals surface area contributed by atoms with Gasteiger partial charge in [-0.3, -0.25) is 9.89 Å². The Labute approximate surface area is 138 Å². The molecule has 1 aliphatic carbocycles. The molecule has 0 bridgehead atoms. The van der Waals surface area contributed by atoms with Gasteiger partial charge in [0.15, 0.2) is 0 Å². The van der Waals surface area contributed by atoms with Gasteiger partial charge >= 0.3 is 0 Å². The largest absolute Gasteiger partial charge is 0.346 e. The zero-order valence-corrected chi connectivity index (χ0v) is 13.1. The van der Waals surface area contributed by atoms with Crippen LogP contribution in [0.1, 0.15) is 39.3 Å². The Bertz CT molecular complexity index is 836. The quantitative estimate of drug-likeness (QED) is 0.725. The molecule has 1 aromatic carbocycles. The summed E-state index contributed by atoms with van der Waals surface area (Å²) in [5.41, 5.74) is 5.09. The minimum absolute atomic E-state index is 0.0984. The first-order valence-corrected chi connectivity index (χ1v) is 7.92. The first kappa shape index (κ1) is 14.6. The van der Waals surface area contributed by atoms with Crippen LogP contribution in [0.15, 0.2) is 30.6 Å². The number of fused-ring (bicyclic) bond motifs is 1. The van der Waals surface area contributed by atoms with Gasteiger partial charge in [0, 0.05) is 11.3 Å². The van der Waals surface area contributed by atoms with E-state index in [0.29, 0.717) is 18.7 Å². The topological polar surface area (TPSA) is 101 Å². The summed E-state index contributed by atoms with van der Waals surface area (Å²) in [4.78, 5) is 12.3. The zero-order chi connectivity index (χ0) is 16.4. The summed E-state index contributed by atoms with van der Waals surface area (Å²) in [6.45, 7) is 1.03. The first-order chi connectivity index (χ1) is 11.8. The molecule has 2 aromatic heterocycles. The number of hydrogen-bond donors (Lipinski definition) is 2. The van der Waals surface area contributed by atoms with Gasteiger partial charge in [0.05, 0.1) is 18.8 Å². The lowest BCUT2D eigenvalue weighted by atomic mass is 10.1. The van der Waals surface area contributed by atoms with E-state index in [9.17, 15) is 4.79 Å². The van der Waals surface area contributed by atoms with Crippen molar-refractivity contribution in [2.75, 3.05) is 0 Å². The molecule has 0 spiro atoms. The highest BCUT2D eigenvalue weighted by atomic mass is 16.1. The highest BCUT2D eigenvalue weighted by molar-refractivity contribution is 5.94. The Balaban J connectivity index is 1.37. The molecule has 0 fully saturated rings. The van der Waals surface area contributed by atoms with E-state index < -0.39 is 0 Å². The third kappa shape index (κ3) is 2.90. The third-order valence-electron chi connectivity index (χ3n) is 4.26. The molecule has 24 heavy (non-hydrogen) atoms. The van der Waals surface area contributed by atoms with Crippen LogP contribution in [0.25, 0.3) is 0 Å². The molecular formula is C16H17N7O. The number of nitrogens with one attached hydrogen (secondary N) is 2. The van der Waals surface area contributed by atoms with Crippen LogP contribution in [-0.2, 0) is 25.9 Å². The number of tetrazole rings is 1. The molecule has 0 atom stereocenters. The number of rotatable bonds is 5. The van der Waals surface area contributed by atoms with Crippen molar-refractivity contribution < 1.29 is 4.79 Å². The highest BCUT2D eigenvalue weighted by Crippen LogP contribution is 2.22. The summed E-state index contributed by atoms with van der Waals surface area (Å²) in [6, 6.07) is 7.43. The molecule has 0 saturated heterocycles. The van der Waals surface area contributed by atoms with Gasteiger partial charge in [0.2, 0.25) is 0 Å². The number of benzene rings is 1. The molecule has 0 saturated carbocycles. The number of H-pyrrole nitrogens is 1. The number of nitrogens with zero attached hydrogens (tertiary/aromatic N) is 5. The third-order valence-corrected chi connectivity index (χ3v) is 4.26. The second-order valence-electron chi connectivity index (χ2n) is 5.87. The van der Waals surface area contributed by atoms with Crippen LogP contribution in [0, 0.1) is 0 Å². The number of carbonyl (C=O) groups is 1. The minimum atomic E-state index is -0.0984. The van der Waals surface area contributed by atoms with E-state index >= 15 is 0 Å². The van der Waals surface area contributed by atoms with Crippen molar-refractivity contribution in [2.45, 2.75) is 32.4 Å². The Hall–Kier alpha value is -3.03. The normalized spacial score (nSPS) is 13.0. The predicted octanol–water partition coefficient (Wildman–Crippen LogP) is 0.863. The number of aryl methyl sites for hydroxylation is 1. The van der Waals surface area contributed by atoms with Crippen molar-refractivity contribution in [3.63, 3.8) is 0 Å². The summed E-state index contributed by atoms with van der Waals surface area (Å²) < 4.78 is 1.63. The van der Waals surface area contributed by atoms with E-state index in [-0.39, 0.29) is 5.91 Å². The molecule has 1 amide bonds. The number of hydrogen-bond acceptors (Lipinski definition) is 5. The summed E-state index contributed by atoms with van der Waals surface area (Å²) in [7, 11) is 0.